The number of carbonyl (C=O) groups excluding carboxylic acids is 1. The van der Waals surface area contributed by atoms with E-state index in [1.807, 2.05) is 10.0 Å². The van der Waals surface area contributed by atoms with Crippen LogP contribution < -0.4 is 14.8 Å². The second-order valence-electron chi connectivity index (χ2n) is 6.76. The number of hydrogen-bond donors (Lipinski definition) is 2. The number of hydrogen-bond acceptors (Lipinski definition) is 4. The number of methoxy groups -OCH3 is 1. The maximum atomic E-state index is 12.9. The first-order chi connectivity index (χ1) is 14.5. The van der Waals surface area contributed by atoms with Crippen LogP contribution in [-0.4, -0.2) is 27.5 Å². The van der Waals surface area contributed by atoms with Crippen molar-refractivity contribution in [1.29, 1.82) is 0 Å². The highest BCUT2D eigenvalue weighted by atomic mass is 32.2. The molecule has 0 aromatic heterocycles. The third-order valence-electron chi connectivity index (χ3n) is 4.26. The van der Waals surface area contributed by atoms with Crippen molar-refractivity contribution >= 4 is 21.6 Å². The minimum Gasteiger partial charge on any atom is -0.496 e. The van der Waals surface area contributed by atoms with Gasteiger partial charge in [-0.15, -0.1) is 0 Å². The molecule has 13 heteroatoms. The summed E-state index contributed by atoms with van der Waals surface area (Å²) in [6.45, 7) is 2.67. The Balaban J connectivity index is 2.26. The molecule has 0 aliphatic rings. The predicted octanol–water partition coefficient (Wildman–Crippen LogP) is 4.35. The van der Waals surface area contributed by atoms with Gasteiger partial charge >= 0.3 is 12.4 Å². The molecule has 176 valence electrons. The van der Waals surface area contributed by atoms with E-state index in [-0.39, 0.29) is 11.0 Å². The molecule has 0 aliphatic carbocycles. The number of amides is 1. The summed E-state index contributed by atoms with van der Waals surface area (Å²) < 4.78 is 110. The normalized spacial score (nSPS) is 13.5. The lowest BCUT2D eigenvalue weighted by Crippen LogP contribution is -2.41. The summed E-state index contributed by atoms with van der Waals surface area (Å²) in [7, 11) is -2.85. The highest BCUT2D eigenvalue weighted by Crippen LogP contribution is 2.37. The van der Waals surface area contributed by atoms with Crippen molar-refractivity contribution in [3.63, 3.8) is 0 Å². The van der Waals surface area contributed by atoms with E-state index in [2.05, 4.69) is 0 Å². The Hall–Kier alpha value is -2.80. The monoisotopic (exact) mass is 484 g/mol. The molecule has 2 N–H and O–H groups in total. The summed E-state index contributed by atoms with van der Waals surface area (Å²) in [5.74, 6) is -0.744. The molecule has 2 aromatic rings. The minimum absolute atomic E-state index is 0.0895. The first kappa shape index (κ1) is 25.5. The van der Waals surface area contributed by atoms with Crippen LogP contribution >= 0.6 is 0 Å². The summed E-state index contributed by atoms with van der Waals surface area (Å²) in [4.78, 5) is 12.1. The van der Waals surface area contributed by atoms with Gasteiger partial charge in [-0.25, -0.2) is 8.42 Å². The second kappa shape index (κ2) is 8.98. The van der Waals surface area contributed by atoms with Crippen LogP contribution in [0.2, 0.25) is 0 Å². The van der Waals surface area contributed by atoms with E-state index in [4.69, 9.17) is 4.74 Å². The number of halogens is 6. The van der Waals surface area contributed by atoms with Crippen molar-refractivity contribution in [3.8, 4) is 5.75 Å². The van der Waals surface area contributed by atoms with Gasteiger partial charge in [0.1, 0.15) is 5.75 Å². The van der Waals surface area contributed by atoms with Crippen molar-refractivity contribution in [3.05, 3.63) is 53.1 Å². The highest BCUT2D eigenvalue weighted by molar-refractivity contribution is 7.89. The fraction of sp³-hybridized carbons (Fsp3) is 0.316. The second-order valence-corrected chi connectivity index (χ2v) is 8.47. The standard InChI is InChI=1S/C19H18F6N2O4S/c1-10-6-15(4-5-16(10)31-3)32(29,30)27-11(2)17(28)26-14-8-12(18(20,21)22)7-13(9-14)19(23,24)25/h4-9,11,27H,1-3H3,(H,26,28)/t11-/m0/s1. The Morgan fingerprint density at radius 3 is 1.94 bits per heavy atom. The number of aryl methyl sites for hydroxylation is 1. The molecule has 6 nitrogen and oxygen atoms in total. The Kier molecular flexibility index (Phi) is 7.15. The third-order valence-corrected chi connectivity index (χ3v) is 5.80. The number of rotatable bonds is 6. The minimum atomic E-state index is -5.10. The maximum absolute atomic E-state index is 12.9. The van der Waals surface area contributed by atoms with E-state index >= 15 is 0 Å². The number of alkyl halides is 6. The van der Waals surface area contributed by atoms with Crippen LogP contribution in [0.1, 0.15) is 23.6 Å². The van der Waals surface area contributed by atoms with Crippen LogP contribution in [0, 0.1) is 6.92 Å². The molecule has 0 heterocycles. The van der Waals surface area contributed by atoms with Crippen LogP contribution in [-0.2, 0) is 27.2 Å². The predicted molar refractivity (Wildman–Crippen MR) is 103 cm³/mol. The largest absolute Gasteiger partial charge is 0.496 e. The topological polar surface area (TPSA) is 84.5 Å². The average molecular weight is 484 g/mol. The van der Waals surface area contributed by atoms with Crippen LogP contribution in [0.5, 0.6) is 5.75 Å². The van der Waals surface area contributed by atoms with E-state index < -0.39 is 51.1 Å². The highest BCUT2D eigenvalue weighted by Gasteiger charge is 2.37. The van der Waals surface area contributed by atoms with Gasteiger partial charge in [-0.3, -0.25) is 4.79 Å². The fourth-order valence-corrected chi connectivity index (χ4v) is 3.94. The Morgan fingerprint density at radius 2 is 1.50 bits per heavy atom. The van der Waals surface area contributed by atoms with Gasteiger partial charge in [0.15, 0.2) is 0 Å². The molecule has 32 heavy (non-hydrogen) atoms. The van der Waals surface area contributed by atoms with Crippen molar-refractivity contribution in [2.24, 2.45) is 0 Å². The molecule has 0 fully saturated rings. The molecular weight excluding hydrogens is 466 g/mol. The van der Waals surface area contributed by atoms with Crippen LogP contribution in [0.3, 0.4) is 0 Å². The molecule has 0 spiro atoms. The van der Waals surface area contributed by atoms with Crippen LogP contribution in [0.4, 0.5) is 32.0 Å². The third kappa shape index (κ3) is 6.13. The van der Waals surface area contributed by atoms with Crippen LogP contribution in [0.25, 0.3) is 0 Å². The Morgan fingerprint density at radius 1 is 0.969 bits per heavy atom. The van der Waals surface area contributed by atoms with Crippen molar-refractivity contribution < 1.29 is 44.3 Å². The summed E-state index contributed by atoms with van der Waals surface area (Å²) in [5.41, 5.74) is -3.55. The number of anilines is 1. The maximum Gasteiger partial charge on any atom is 0.416 e. The first-order valence-electron chi connectivity index (χ1n) is 8.82. The van der Waals surface area contributed by atoms with Crippen molar-refractivity contribution in [1.82, 2.24) is 4.72 Å². The molecule has 1 amide bonds. The van der Waals surface area contributed by atoms with Gasteiger partial charge in [0.05, 0.1) is 29.2 Å². The smallest absolute Gasteiger partial charge is 0.416 e. The zero-order valence-corrected chi connectivity index (χ0v) is 17.7. The quantitative estimate of drug-likeness (QED) is 0.598. The summed E-state index contributed by atoms with van der Waals surface area (Å²) >= 11 is 0. The van der Waals surface area contributed by atoms with Gasteiger partial charge in [-0.1, -0.05) is 0 Å². The summed E-state index contributed by atoms with van der Waals surface area (Å²) in [5, 5.41) is 1.88. The lowest BCUT2D eigenvalue weighted by atomic mass is 10.1. The lowest BCUT2D eigenvalue weighted by Gasteiger charge is -2.17. The zero-order chi connectivity index (χ0) is 24.5. The SMILES string of the molecule is COc1ccc(S(=O)(=O)N[C@@H](C)C(=O)Nc2cc(C(F)(F)F)cc(C(F)(F)F)c2)cc1C. The molecule has 2 aromatic carbocycles. The lowest BCUT2D eigenvalue weighted by molar-refractivity contribution is -0.143. The molecule has 0 unspecified atom stereocenters. The molecular formula is C19H18F6N2O4S. The van der Waals surface area contributed by atoms with Gasteiger partial charge in [-0.2, -0.15) is 31.1 Å². The number of nitrogens with one attached hydrogen (secondary N) is 2. The van der Waals surface area contributed by atoms with Crippen molar-refractivity contribution in [2.45, 2.75) is 37.1 Å². The van der Waals surface area contributed by atoms with Gasteiger partial charge in [0.2, 0.25) is 15.9 Å². The molecule has 0 saturated carbocycles. The molecule has 0 radical (unpaired) electrons. The van der Waals surface area contributed by atoms with E-state index in [9.17, 15) is 39.6 Å². The number of carbonyl (C=O) groups is 1. The number of sulfonamides is 1. The van der Waals surface area contributed by atoms with Gasteiger partial charge in [0, 0.05) is 5.69 Å². The zero-order valence-electron chi connectivity index (χ0n) is 16.9. The first-order valence-corrected chi connectivity index (χ1v) is 10.3. The van der Waals surface area contributed by atoms with Gasteiger partial charge < -0.3 is 10.1 Å². The Bertz CT molecular complexity index is 1080. The average Bonchev–Trinajstić information content (AvgIpc) is 2.65. The van der Waals surface area contributed by atoms with Crippen LogP contribution in [0.15, 0.2) is 41.3 Å². The molecule has 2 rings (SSSR count). The molecule has 1 atom stereocenters. The van der Waals surface area contributed by atoms with E-state index in [0.717, 1.165) is 6.92 Å². The summed E-state index contributed by atoms with van der Waals surface area (Å²) in [6, 6.07) is 2.90. The fourth-order valence-electron chi connectivity index (χ4n) is 2.65. The van der Waals surface area contributed by atoms with Crippen molar-refractivity contribution in [2.75, 3.05) is 12.4 Å². The molecule has 0 bridgehead atoms. The van der Waals surface area contributed by atoms with E-state index in [1.54, 1.807) is 6.92 Å². The van der Waals surface area contributed by atoms with E-state index in [1.165, 1.54) is 25.3 Å². The summed E-state index contributed by atoms with van der Waals surface area (Å²) in [6.07, 6.45) is -10.2. The molecule has 0 aliphatic heterocycles. The Labute approximate surface area is 179 Å². The van der Waals surface area contributed by atoms with Gasteiger partial charge in [-0.05, 0) is 55.8 Å². The molecule has 0 saturated heterocycles. The van der Waals surface area contributed by atoms with E-state index in [0.29, 0.717) is 23.4 Å². The van der Waals surface area contributed by atoms with Gasteiger partial charge in [0.25, 0.3) is 0 Å². The number of ether oxygens (including phenoxy) is 1. The number of benzene rings is 2.